The van der Waals surface area contributed by atoms with Crippen LogP contribution in [0, 0.1) is 0 Å². The predicted molar refractivity (Wildman–Crippen MR) is 135 cm³/mol. The number of H-pyrrole nitrogens is 2. The standard InChI is InChI=1S/C25H24ClN7O/c1-34-18-5-2-15(3-6-18)14-33-11-9-21-22-23(32-31-21)29-25(30-24(22)33)27-10-8-16-13-28-20-7-4-17(26)12-19(16)20/h2-7,12-13,28H,8-11,14H2,1H3,(H2,27,29,30,31,32). The van der Waals surface area contributed by atoms with E-state index < -0.39 is 0 Å². The maximum atomic E-state index is 6.19. The Labute approximate surface area is 201 Å². The molecule has 172 valence electrons. The molecule has 0 spiro atoms. The smallest absolute Gasteiger partial charge is 0.226 e. The molecule has 9 heteroatoms. The number of anilines is 2. The monoisotopic (exact) mass is 473 g/mol. The molecule has 0 atom stereocenters. The first kappa shape index (κ1) is 20.8. The van der Waals surface area contributed by atoms with Crippen LogP contribution in [0.5, 0.6) is 5.75 Å². The van der Waals surface area contributed by atoms with Crippen molar-refractivity contribution in [3.8, 4) is 5.75 Å². The summed E-state index contributed by atoms with van der Waals surface area (Å²) in [5, 5.41) is 13.9. The quantitative estimate of drug-likeness (QED) is 0.317. The fraction of sp³-hybridized carbons (Fsp3) is 0.240. The highest BCUT2D eigenvalue weighted by Crippen LogP contribution is 2.32. The van der Waals surface area contributed by atoms with Gasteiger partial charge in [-0.2, -0.15) is 15.1 Å². The molecule has 34 heavy (non-hydrogen) atoms. The highest BCUT2D eigenvalue weighted by Gasteiger charge is 2.25. The number of hydrogen-bond donors (Lipinski definition) is 3. The molecule has 0 fully saturated rings. The van der Waals surface area contributed by atoms with Crippen molar-refractivity contribution in [2.45, 2.75) is 19.4 Å². The third kappa shape index (κ3) is 3.80. The Hall–Kier alpha value is -3.78. The lowest BCUT2D eigenvalue weighted by atomic mass is 10.1. The highest BCUT2D eigenvalue weighted by molar-refractivity contribution is 6.31. The number of benzene rings is 2. The van der Waals surface area contributed by atoms with Gasteiger partial charge in [-0.1, -0.05) is 23.7 Å². The van der Waals surface area contributed by atoms with E-state index in [0.717, 1.165) is 70.2 Å². The second kappa shape index (κ2) is 8.53. The van der Waals surface area contributed by atoms with E-state index in [1.807, 2.05) is 36.5 Å². The third-order valence-corrected chi connectivity index (χ3v) is 6.57. The Morgan fingerprint density at radius 2 is 2.03 bits per heavy atom. The number of fused-ring (bicyclic) bond motifs is 1. The molecule has 2 aromatic carbocycles. The Morgan fingerprint density at radius 3 is 2.88 bits per heavy atom. The second-order valence-electron chi connectivity index (χ2n) is 8.46. The average Bonchev–Trinajstić information content (AvgIpc) is 3.46. The molecule has 3 N–H and O–H groups in total. The number of hydrogen-bond acceptors (Lipinski definition) is 6. The topological polar surface area (TPSA) is 94.7 Å². The fourth-order valence-corrected chi connectivity index (χ4v) is 4.75. The lowest BCUT2D eigenvalue weighted by molar-refractivity contribution is 0.414. The number of halogens is 1. The summed E-state index contributed by atoms with van der Waals surface area (Å²) in [6.45, 7) is 2.31. The Kier molecular flexibility index (Phi) is 5.22. The second-order valence-corrected chi connectivity index (χ2v) is 8.90. The summed E-state index contributed by atoms with van der Waals surface area (Å²) in [5.41, 5.74) is 5.28. The molecule has 0 saturated carbocycles. The zero-order valence-corrected chi connectivity index (χ0v) is 19.5. The van der Waals surface area contributed by atoms with E-state index in [0.29, 0.717) is 12.5 Å². The number of rotatable bonds is 7. The van der Waals surface area contributed by atoms with Crippen LogP contribution in [0.2, 0.25) is 5.02 Å². The van der Waals surface area contributed by atoms with E-state index in [1.165, 1.54) is 11.1 Å². The first-order valence-corrected chi connectivity index (χ1v) is 11.7. The summed E-state index contributed by atoms with van der Waals surface area (Å²) in [5.74, 6) is 2.36. The molecule has 1 aliphatic rings. The first-order valence-electron chi connectivity index (χ1n) is 11.3. The Bertz CT molecular complexity index is 1470. The molecule has 1 aliphatic heterocycles. The van der Waals surface area contributed by atoms with E-state index >= 15 is 0 Å². The van der Waals surface area contributed by atoms with Gasteiger partial charge in [0.25, 0.3) is 0 Å². The van der Waals surface area contributed by atoms with Gasteiger partial charge in [0.15, 0.2) is 5.65 Å². The molecule has 4 heterocycles. The van der Waals surface area contributed by atoms with Crippen LogP contribution in [-0.4, -0.2) is 45.3 Å². The number of ether oxygens (including phenoxy) is 1. The molecule has 6 rings (SSSR count). The molecule has 3 aromatic heterocycles. The summed E-state index contributed by atoms with van der Waals surface area (Å²) in [6.07, 6.45) is 3.72. The molecule has 0 aliphatic carbocycles. The highest BCUT2D eigenvalue weighted by atomic mass is 35.5. The molecule has 8 nitrogen and oxygen atoms in total. The number of aromatic amines is 2. The van der Waals surface area contributed by atoms with Crippen molar-refractivity contribution in [2.75, 3.05) is 30.4 Å². The zero-order chi connectivity index (χ0) is 23.1. The average molecular weight is 474 g/mol. The van der Waals surface area contributed by atoms with Crippen LogP contribution in [0.15, 0.2) is 48.7 Å². The molecule has 0 radical (unpaired) electrons. The fourth-order valence-electron chi connectivity index (χ4n) is 4.58. The van der Waals surface area contributed by atoms with Crippen LogP contribution < -0.4 is 15.0 Å². The summed E-state index contributed by atoms with van der Waals surface area (Å²) in [4.78, 5) is 15.2. The van der Waals surface area contributed by atoms with Crippen molar-refractivity contribution in [3.63, 3.8) is 0 Å². The maximum Gasteiger partial charge on any atom is 0.226 e. The van der Waals surface area contributed by atoms with Gasteiger partial charge in [0.05, 0.1) is 18.2 Å². The van der Waals surface area contributed by atoms with Gasteiger partial charge in [0.1, 0.15) is 11.6 Å². The van der Waals surface area contributed by atoms with Gasteiger partial charge >= 0.3 is 0 Å². The largest absolute Gasteiger partial charge is 0.497 e. The summed E-state index contributed by atoms with van der Waals surface area (Å²) >= 11 is 6.19. The number of aromatic nitrogens is 5. The number of methoxy groups -OCH3 is 1. The molecule has 0 amide bonds. The summed E-state index contributed by atoms with van der Waals surface area (Å²) in [7, 11) is 1.68. The SMILES string of the molecule is COc1ccc(CN2CCc3n[nH]c4nc(NCCc5c[nH]c6ccc(Cl)cc56)nc2c34)cc1. The minimum Gasteiger partial charge on any atom is -0.497 e. The van der Waals surface area contributed by atoms with Gasteiger partial charge in [-0.15, -0.1) is 0 Å². The minimum atomic E-state index is 0.595. The zero-order valence-electron chi connectivity index (χ0n) is 18.7. The van der Waals surface area contributed by atoms with Crippen LogP contribution in [0.25, 0.3) is 21.9 Å². The van der Waals surface area contributed by atoms with Gasteiger partial charge in [-0.3, -0.25) is 5.10 Å². The van der Waals surface area contributed by atoms with Crippen molar-refractivity contribution in [3.05, 3.63) is 70.5 Å². The van der Waals surface area contributed by atoms with E-state index in [9.17, 15) is 0 Å². The lowest BCUT2D eigenvalue weighted by Gasteiger charge is -2.28. The van der Waals surface area contributed by atoms with Crippen LogP contribution in [0.4, 0.5) is 11.8 Å². The van der Waals surface area contributed by atoms with Gasteiger partial charge < -0.3 is 19.9 Å². The molecule has 0 unspecified atom stereocenters. The van der Waals surface area contributed by atoms with Crippen molar-refractivity contribution < 1.29 is 4.74 Å². The predicted octanol–water partition coefficient (Wildman–Crippen LogP) is 4.71. The Balaban J connectivity index is 1.23. The number of nitrogens with one attached hydrogen (secondary N) is 3. The van der Waals surface area contributed by atoms with Crippen LogP contribution in [0.1, 0.15) is 16.8 Å². The Morgan fingerprint density at radius 1 is 1.15 bits per heavy atom. The molecule has 0 bridgehead atoms. The van der Waals surface area contributed by atoms with Crippen molar-refractivity contribution in [1.82, 2.24) is 25.1 Å². The summed E-state index contributed by atoms with van der Waals surface area (Å²) in [6, 6.07) is 14.1. The van der Waals surface area contributed by atoms with Gasteiger partial charge in [0, 0.05) is 48.2 Å². The van der Waals surface area contributed by atoms with Crippen molar-refractivity contribution in [1.29, 1.82) is 0 Å². The molecular weight excluding hydrogens is 450 g/mol. The van der Waals surface area contributed by atoms with Crippen molar-refractivity contribution >= 4 is 45.3 Å². The van der Waals surface area contributed by atoms with Crippen molar-refractivity contribution in [2.24, 2.45) is 0 Å². The van der Waals surface area contributed by atoms with E-state index in [2.05, 4.69) is 42.5 Å². The molecule has 5 aromatic rings. The van der Waals surface area contributed by atoms with Gasteiger partial charge in [0.2, 0.25) is 5.95 Å². The third-order valence-electron chi connectivity index (χ3n) is 6.33. The van der Waals surface area contributed by atoms with Crippen LogP contribution in [0.3, 0.4) is 0 Å². The first-order chi connectivity index (χ1) is 16.7. The normalized spacial score (nSPS) is 13.1. The van der Waals surface area contributed by atoms with E-state index in [4.69, 9.17) is 21.3 Å². The van der Waals surface area contributed by atoms with Gasteiger partial charge in [-0.25, -0.2) is 0 Å². The number of nitrogens with zero attached hydrogens (tertiary/aromatic N) is 4. The molecular formula is C25H24ClN7O. The van der Waals surface area contributed by atoms with E-state index in [1.54, 1.807) is 7.11 Å². The van der Waals surface area contributed by atoms with Crippen LogP contribution >= 0.6 is 11.6 Å². The molecule has 0 saturated heterocycles. The minimum absolute atomic E-state index is 0.595. The van der Waals surface area contributed by atoms with Crippen LogP contribution in [-0.2, 0) is 19.4 Å². The van der Waals surface area contributed by atoms with Gasteiger partial charge in [-0.05, 0) is 47.9 Å². The summed E-state index contributed by atoms with van der Waals surface area (Å²) < 4.78 is 5.29. The maximum absolute atomic E-state index is 6.19. The van der Waals surface area contributed by atoms with E-state index in [-0.39, 0.29) is 0 Å². The lowest BCUT2D eigenvalue weighted by Crippen LogP contribution is -2.29.